The monoisotopic (exact) mass is 352 g/mol. The van der Waals surface area contributed by atoms with Crippen LogP contribution in [0, 0.1) is 5.92 Å². The van der Waals surface area contributed by atoms with Crippen molar-refractivity contribution >= 4 is 23.2 Å². The summed E-state index contributed by atoms with van der Waals surface area (Å²) in [6.45, 7) is 4.22. The molecule has 0 N–H and O–H groups in total. The summed E-state index contributed by atoms with van der Waals surface area (Å²) in [6.07, 6.45) is 1.97. The summed E-state index contributed by atoms with van der Waals surface area (Å²) in [6, 6.07) is 18.4. The van der Waals surface area contributed by atoms with Crippen LogP contribution >= 0.6 is 11.8 Å². The number of fused-ring (bicyclic) bond motifs is 1. The third-order valence-electron chi connectivity index (χ3n) is 5.28. The number of para-hydroxylation sites is 1. The molecule has 2 aliphatic heterocycles. The molecule has 0 bridgehead atoms. The van der Waals surface area contributed by atoms with E-state index in [1.807, 2.05) is 42.1 Å². The van der Waals surface area contributed by atoms with Gasteiger partial charge in [-0.3, -0.25) is 4.79 Å². The van der Waals surface area contributed by atoms with Gasteiger partial charge in [-0.1, -0.05) is 42.5 Å². The Bertz CT molecular complexity index is 726. The molecule has 130 valence electrons. The van der Waals surface area contributed by atoms with E-state index < -0.39 is 0 Å². The SMILES string of the molecule is O=C(c1ccccc1)C1CCN(CCN2CSc3ccccc32)CC1. The van der Waals surface area contributed by atoms with Crippen LogP contribution in [0.1, 0.15) is 23.2 Å². The van der Waals surface area contributed by atoms with Gasteiger partial charge in [-0.2, -0.15) is 0 Å². The van der Waals surface area contributed by atoms with Crippen LogP contribution in [0.4, 0.5) is 5.69 Å². The number of hydrogen-bond acceptors (Lipinski definition) is 4. The topological polar surface area (TPSA) is 23.6 Å². The number of anilines is 1. The first-order chi connectivity index (χ1) is 12.3. The molecule has 1 fully saturated rings. The van der Waals surface area contributed by atoms with E-state index in [1.165, 1.54) is 10.6 Å². The third-order valence-corrected chi connectivity index (χ3v) is 6.38. The van der Waals surface area contributed by atoms with Crippen molar-refractivity contribution in [3.05, 3.63) is 60.2 Å². The smallest absolute Gasteiger partial charge is 0.166 e. The van der Waals surface area contributed by atoms with E-state index in [0.717, 1.165) is 50.5 Å². The Morgan fingerprint density at radius 1 is 0.960 bits per heavy atom. The minimum absolute atomic E-state index is 0.196. The number of benzene rings is 2. The van der Waals surface area contributed by atoms with Crippen molar-refractivity contribution in [2.45, 2.75) is 17.7 Å². The predicted molar refractivity (Wildman–Crippen MR) is 104 cm³/mol. The van der Waals surface area contributed by atoms with E-state index in [2.05, 4.69) is 34.1 Å². The van der Waals surface area contributed by atoms with E-state index in [0.29, 0.717) is 5.78 Å². The van der Waals surface area contributed by atoms with Crippen LogP contribution in [-0.2, 0) is 0 Å². The van der Waals surface area contributed by atoms with Crippen molar-refractivity contribution in [3.8, 4) is 0 Å². The summed E-state index contributed by atoms with van der Waals surface area (Å²) in [5.74, 6) is 1.58. The molecule has 2 aromatic carbocycles. The molecule has 2 aliphatic rings. The third kappa shape index (κ3) is 3.75. The highest BCUT2D eigenvalue weighted by atomic mass is 32.2. The number of thioether (sulfide) groups is 1. The van der Waals surface area contributed by atoms with Gasteiger partial charge in [0.15, 0.2) is 5.78 Å². The highest BCUT2D eigenvalue weighted by Gasteiger charge is 2.26. The van der Waals surface area contributed by atoms with E-state index in [1.54, 1.807) is 0 Å². The Labute approximate surface area is 154 Å². The van der Waals surface area contributed by atoms with Crippen LogP contribution in [0.3, 0.4) is 0 Å². The van der Waals surface area contributed by atoms with E-state index in [9.17, 15) is 4.79 Å². The molecule has 2 heterocycles. The lowest BCUT2D eigenvalue weighted by molar-refractivity contribution is 0.0842. The maximum atomic E-state index is 12.6. The van der Waals surface area contributed by atoms with Crippen molar-refractivity contribution in [1.29, 1.82) is 0 Å². The standard InChI is InChI=1S/C21H24N2OS/c24-21(17-6-2-1-3-7-17)18-10-12-22(13-11-18)14-15-23-16-25-20-9-5-4-8-19(20)23/h1-9,18H,10-16H2. The first kappa shape index (κ1) is 16.7. The molecule has 1 saturated heterocycles. The first-order valence-electron chi connectivity index (χ1n) is 9.09. The number of Topliss-reactive ketones (excluding diaryl/α,β-unsaturated/α-hetero) is 1. The maximum Gasteiger partial charge on any atom is 0.166 e. The van der Waals surface area contributed by atoms with Gasteiger partial charge in [-0.05, 0) is 38.1 Å². The quantitative estimate of drug-likeness (QED) is 0.754. The molecule has 0 atom stereocenters. The van der Waals surface area contributed by atoms with E-state index in [4.69, 9.17) is 0 Å². The van der Waals surface area contributed by atoms with Gasteiger partial charge in [0.05, 0.1) is 11.6 Å². The summed E-state index contributed by atoms with van der Waals surface area (Å²) in [5, 5.41) is 0. The fourth-order valence-corrected chi connectivity index (χ4v) is 4.84. The Hall–Kier alpha value is -1.78. The molecule has 0 aliphatic carbocycles. The molecule has 25 heavy (non-hydrogen) atoms. The van der Waals surface area contributed by atoms with Crippen LogP contribution in [-0.4, -0.2) is 42.7 Å². The zero-order valence-electron chi connectivity index (χ0n) is 14.4. The first-order valence-corrected chi connectivity index (χ1v) is 10.1. The summed E-state index contributed by atoms with van der Waals surface area (Å²) in [4.78, 5) is 19.0. The molecular weight excluding hydrogens is 328 g/mol. The number of rotatable bonds is 5. The molecule has 2 aromatic rings. The van der Waals surface area contributed by atoms with E-state index >= 15 is 0 Å². The van der Waals surface area contributed by atoms with Crippen molar-refractivity contribution in [2.24, 2.45) is 5.92 Å². The van der Waals surface area contributed by atoms with Crippen molar-refractivity contribution < 1.29 is 4.79 Å². The van der Waals surface area contributed by atoms with Crippen LogP contribution in [0.2, 0.25) is 0 Å². The van der Waals surface area contributed by atoms with Crippen molar-refractivity contribution in [2.75, 3.05) is 37.0 Å². The zero-order valence-corrected chi connectivity index (χ0v) is 15.3. The number of carbonyl (C=O) groups is 1. The highest BCUT2D eigenvalue weighted by Crippen LogP contribution is 2.37. The van der Waals surface area contributed by atoms with Gasteiger partial charge in [-0.25, -0.2) is 0 Å². The normalized spacial score (nSPS) is 18.3. The minimum atomic E-state index is 0.196. The molecular formula is C21H24N2OS. The Balaban J connectivity index is 1.27. The molecule has 0 amide bonds. The second-order valence-corrected chi connectivity index (χ2v) is 7.84. The number of nitrogens with zero attached hydrogens (tertiary/aromatic N) is 2. The van der Waals surface area contributed by atoms with Crippen LogP contribution in [0.15, 0.2) is 59.5 Å². The van der Waals surface area contributed by atoms with Crippen molar-refractivity contribution in [3.63, 3.8) is 0 Å². The molecule has 0 unspecified atom stereocenters. The fourth-order valence-electron chi connectivity index (χ4n) is 3.76. The lowest BCUT2D eigenvalue weighted by Crippen LogP contribution is -2.40. The number of carbonyl (C=O) groups excluding carboxylic acids is 1. The molecule has 3 nitrogen and oxygen atoms in total. The summed E-state index contributed by atoms with van der Waals surface area (Å²) < 4.78 is 0. The second-order valence-electron chi connectivity index (χ2n) is 6.85. The van der Waals surface area contributed by atoms with E-state index in [-0.39, 0.29) is 5.92 Å². The highest BCUT2D eigenvalue weighted by molar-refractivity contribution is 7.99. The number of piperidine rings is 1. The van der Waals surface area contributed by atoms with Crippen molar-refractivity contribution in [1.82, 2.24) is 4.90 Å². The van der Waals surface area contributed by atoms with Crippen LogP contribution < -0.4 is 4.90 Å². The number of hydrogen-bond donors (Lipinski definition) is 0. The van der Waals surface area contributed by atoms with Gasteiger partial charge in [0.25, 0.3) is 0 Å². The van der Waals surface area contributed by atoms with Gasteiger partial charge in [0.2, 0.25) is 0 Å². The zero-order chi connectivity index (χ0) is 17.1. The average molecular weight is 353 g/mol. The van der Waals surface area contributed by atoms with Gasteiger partial charge in [-0.15, -0.1) is 11.8 Å². The van der Waals surface area contributed by atoms with Gasteiger partial charge >= 0.3 is 0 Å². The van der Waals surface area contributed by atoms with Gasteiger partial charge in [0, 0.05) is 29.5 Å². The molecule has 0 saturated carbocycles. The molecule has 0 aromatic heterocycles. The fraction of sp³-hybridized carbons (Fsp3) is 0.381. The number of ketones is 1. The van der Waals surface area contributed by atoms with Gasteiger partial charge in [0.1, 0.15) is 0 Å². The molecule has 0 radical (unpaired) electrons. The number of likely N-dealkylation sites (tertiary alicyclic amines) is 1. The minimum Gasteiger partial charge on any atom is -0.360 e. The maximum absolute atomic E-state index is 12.6. The average Bonchev–Trinajstić information content (AvgIpc) is 3.10. The molecule has 0 spiro atoms. The Kier molecular flexibility index (Phi) is 5.09. The lowest BCUT2D eigenvalue weighted by Gasteiger charge is -2.32. The molecule has 4 rings (SSSR count). The van der Waals surface area contributed by atoms with Gasteiger partial charge < -0.3 is 9.80 Å². The summed E-state index contributed by atoms with van der Waals surface area (Å²) in [5.41, 5.74) is 2.24. The Morgan fingerprint density at radius 2 is 1.68 bits per heavy atom. The summed E-state index contributed by atoms with van der Waals surface area (Å²) in [7, 11) is 0. The lowest BCUT2D eigenvalue weighted by atomic mass is 9.89. The predicted octanol–water partition coefficient (Wildman–Crippen LogP) is 4.15. The summed E-state index contributed by atoms with van der Waals surface area (Å²) >= 11 is 1.93. The largest absolute Gasteiger partial charge is 0.360 e. The van der Waals surface area contributed by atoms with Crippen LogP contribution in [0.25, 0.3) is 0 Å². The Morgan fingerprint density at radius 3 is 2.48 bits per heavy atom. The molecule has 4 heteroatoms. The second kappa shape index (κ2) is 7.63. The van der Waals surface area contributed by atoms with Crippen LogP contribution in [0.5, 0.6) is 0 Å².